The predicted octanol–water partition coefficient (Wildman–Crippen LogP) is 2.23. The summed E-state index contributed by atoms with van der Waals surface area (Å²) in [6.45, 7) is 7.94. The number of ether oxygens (including phenoxy) is 1. The SMILES string of the molecule is CC1CN2CCCC2CN1CCOc1ccccc1. The zero-order valence-electron chi connectivity index (χ0n) is 11.8. The third-order valence-electron chi connectivity index (χ3n) is 4.46. The number of para-hydroxylation sites is 1. The minimum Gasteiger partial charge on any atom is -0.492 e. The van der Waals surface area contributed by atoms with Crippen molar-refractivity contribution in [3.63, 3.8) is 0 Å². The van der Waals surface area contributed by atoms with Crippen LogP contribution in [-0.2, 0) is 0 Å². The summed E-state index contributed by atoms with van der Waals surface area (Å²) in [4.78, 5) is 5.26. The van der Waals surface area contributed by atoms with Gasteiger partial charge >= 0.3 is 0 Å². The maximum absolute atomic E-state index is 5.81. The quantitative estimate of drug-likeness (QED) is 0.825. The lowest BCUT2D eigenvalue weighted by Gasteiger charge is -2.42. The van der Waals surface area contributed by atoms with Crippen LogP contribution in [0.3, 0.4) is 0 Å². The van der Waals surface area contributed by atoms with Gasteiger partial charge < -0.3 is 4.74 Å². The molecule has 0 bridgehead atoms. The highest BCUT2D eigenvalue weighted by molar-refractivity contribution is 5.20. The van der Waals surface area contributed by atoms with Crippen molar-refractivity contribution in [1.29, 1.82) is 0 Å². The van der Waals surface area contributed by atoms with E-state index >= 15 is 0 Å². The summed E-state index contributed by atoms with van der Waals surface area (Å²) >= 11 is 0. The van der Waals surface area contributed by atoms with E-state index in [0.29, 0.717) is 6.04 Å². The van der Waals surface area contributed by atoms with E-state index in [1.807, 2.05) is 30.3 Å². The lowest BCUT2D eigenvalue weighted by atomic mass is 10.1. The van der Waals surface area contributed by atoms with Gasteiger partial charge in [0.2, 0.25) is 0 Å². The minimum atomic E-state index is 0.661. The fourth-order valence-corrected chi connectivity index (χ4v) is 3.36. The first-order chi connectivity index (χ1) is 9.33. The zero-order valence-corrected chi connectivity index (χ0v) is 11.8. The van der Waals surface area contributed by atoms with Gasteiger partial charge in [-0.25, -0.2) is 0 Å². The standard InChI is InChI=1S/C16H24N2O/c1-14-12-18-9-5-6-15(18)13-17(14)10-11-19-16-7-3-2-4-8-16/h2-4,7-8,14-15H,5-6,9-13H2,1H3. The maximum Gasteiger partial charge on any atom is 0.119 e. The van der Waals surface area contributed by atoms with E-state index in [1.165, 1.54) is 32.5 Å². The number of benzene rings is 1. The van der Waals surface area contributed by atoms with Crippen LogP contribution >= 0.6 is 0 Å². The van der Waals surface area contributed by atoms with Gasteiger partial charge in [0.1, 0.15) is 12.4 Å². The average Bonchev–Trinajstić information content (AvgIpc) is 2.87. The van der Waals surface area contributed by atoms with Gasteiger partial charge in [0, 0.05) is 31.7 Å². The monoisotopic (exact) mass is 260 g/mol. The highest BCUT2D eigenvalue weighted by Gasteiger charge is 2.33. The second-order valence-corrected chi connectivity index (χ2v) is 5.80. The number of hydrogen-bond acceptors (Lipinski definition) is 3. The van der Waals surface area contributed by atoms with E-state index < -0.39 is 0 Å². The summed E-state index contributed by atoms with van der Waals surface area (Å²) in [5.74, 6) is 0.981. The number of hydrogen-bond donors (Lipinski definition) is 0. The molecule has 0 radical (unpaired) electrons. The van der Waals surface area contributed by atoms with Crippen LogP contribution < -0.4 is 4.74 Å². The fourth-order valence-electron chi connectivity index (χ4n) is 3.36. The molecular weight excluding hydrogens is 236 g/mol. The van der Waals surface area contributed by atoms with Crippen molar-refractivity contribution < 1.29 is 4.74 Å². The Balaban J connectivity index is 1.47. The highest BCUT2D eigenvalue weighted by atomic mass is 16.5. The van der Waals surface area contributed by atoms with Gasteiger partial charge in [-0.05, 0) is 38.4 Å². The third-order valence-corrected chi connectivity index (χ3v) is 4.46. The normalized spacial score (nSPS) is 28.3. The molecule has 3 rings (SSSR count). The first kappa shape index (κ1) is 12.9. The summed E-state index contributed by atoms with van der Waals surface area (Å²) in [6.07, 6.45) is 2.76. The lowest BCUT2D eigenvalue weighted by molar-refractivity contribution is 0.0500. The second-order valence-electron chi connectivity index (χ2n) is 5.80. The molecule has 0 saturated carbocycles. The van der Waals surface area contributed by atoms with E-state index in [1.54, 1.807) is 0 Å². The summed E-state index contributed by atoms with van der Waals surface area (Å²) < 4.78 is 5.81. The number of nitrogens with zero attached hydrogens (tertiary/aromatic N) is 2. The van der Waals surface area contributed by atoms with Crippen molar-refractivity contribution in [3.05, 3.63) is 30.3 Å². The number of fused-ring (bicyclic) bond motifs is 1. The van der Waals surface area contributed by atoms with E-state index in [9.17, 15) is 0 Å². The predicted molar refractivity (Wildman–Crippen MR) is 77.6 cm³/mol. The van der Waals surface area contributed by atoms with Crippen LogP contribution in [0.5, 0.6) is 5.75 Å². The molecule has 3 nitrogen and oxygen atoms in total. The Kier molecular flexibility index (Phi) is 4.04. The van der Waals surface area contributed by atoms with E-state index in [0.717, 1.165) is 24.9 Å². The summed E-state index contributed by atoms with van der Waals surface area (Å²) in [6, 6.07) is 11.6. The van der Waals surface area contributed by atoms with Crippen LogP contribution in [0.1, 0.15) is 19.8 Å². The highest BCUT2D eigenvalue weighted by Crippen LogP contribution is 2.24. The van der Waals surface area contributed by atoms with Gasteiger partial charge in [-0.15, -0.1) is 0 Å². The molecule has 0 spiro atoms. The van der Waals surface area contributed by atoms with E-state index in [2.05, 4.69) is 16.7 Å². The molecule has 1 aromatic rings. The molecule has 2 aliphatic rings. The molecule has 2 saturated heterocycles. The molecule has 0 aliphatic carbocycles. The topological polar surface area (TPSA) is 15.7 Å². The van der Waals surface area contributed by atoms with Crippen LogP contribution in [0.25, 0.3) is 0 Å². The fraction of sp³-hybridized carbons (Fsp3) is 0.625. The molecule has 2 fully saturated rings. The molecule has 104 valence electrons. The van der Waals surface area contributed by atoms with Crippen LogP contribution in [0.15, 0.2) is 30.3 Å². The molecule has 2 unspecified atom stereocenters. The smallest absolute Gasteiger partial charge is 0.119 e. The Bertz CT molecular complexity index is 395. The lowest BCUT2D eigenvalue weighted by Crippen LogP contribution is -2.55. The second kappa shape index (κ2) is 5.93. The summed E-state index contributed by atoms with van der Waals surface area (Å²) in [7, 11) is 0. The van der Waals surface area contributed by atoms with Crippen molar-refractivity contribution in [2.24, 2.45) is 0 Å². The first-order valence-electron chi connectivity index (χ1n) is 7.49. The Labute approximate surface area is 116 Å². The first-order valence-corrected chi connectivity index (χ1v) is 7.49. The van der Waals surface area contributed by atoms with Gasteiger partial charge in [0.05, 0.1) is 0 Å². The van der Waals surface area contributed by atoms with Crippen LogP contribution in [-0.4, -0.2) is 54.7 Å². The molecule has 1 aromatic carbocycles. The van der Waals surface area contributed by atoms with Crippen LogP contribution in [0, 0.1) is 0 Å². The molecule has 0 amide bonds. The molecule has 19 heavy (non-hydrogen) atoms. The molecule has 3 heteroatoms. The third kappa shape index (κ3) is 3.10. The van der Waals surface area contributed by atoms with Crippen molar-refractivity contribution in [3.8, 4) is 5.75 Å². The Morgan fingerprint density at radius 3 is 2.89 bits per heavy atom. The average molecular weight is 260 g/mol. The zero-order chi connectivity index (χ0) is 13.1. The van der Waals surface area contributed by atoms with Crippen LogP contribution in [0.2, 0.25) is 0 Å². The van der Waals surface area contributed by atoms with Gasteiger partial charge in [0.25, 0.3) is 0 Å². The Morgan fingerprint density at radius 1 is 1.21 bits per heavy atom. The van der Waals surface area contributed by atoms with Crippen molar-refractivity contribution in [2.75, 3.05) is 32.8 Å². The van der Waals surface area contributed by atoms with Gasteiger partial charge in [-0.1, -0.05) is 18.2 Å². The maximum atomic E-state index is 5.81. The van der Waals surface area contributed by atoms with Gasteiger partial charge in [-0.2, -0.15) is 0 Å². The van der Waals surface area contributed by atoms with E-state index in [-0.39, 0.29) is 0 Å². The Hall–Kier alpha value is -1.06. The largest absolute Gasteiger partial charge is 0.492 e. The molecule has 0 N–H and O–H groups in total. The molecule has 2 atom stereocenters. The summed E-state index contributed by atoms with van der Waals surface area (Å²) in [5, 5.41) is 0. The molecule has 2 heterocycles. The Morgan fingerprint density at radius 2 is 2.05 bits per heavy atom. The van der Waals surface area contributed by atoms with E-state index in [4.69, 9.17) is 4.74 Å². The van der Waals surface area contributed by atoms with Crippen molar-refractivity contribution in [2.45, 2.75) is 31.8 Å². The van der Waals surface area contributed by atoms with Gasteiger partial charge in [-0.3, -0.25) is 9.80 Å². The van der Waals surface area contributed by atoms with Crippen molar-refractivity contribution >= 4 is 0 Å². The molecule has 2 aliphatic heterocycles. The van der Waals surface area contributed by atoms with Crippen LogP contribution in [0.4, 0.5) is 0 Å². The minimum absolute atomic E-state index is 0.661. The number of piperazine rings is 1. The summed E-state index contributed by atoms with van der Waals surface area (Å²) in [5.41, 5.74) is 0. The molecule has 0 aromatic heterocycles. The molecular formula is C16H24N2O. The number of rotatable bonds is 4. The van der Waals surface area contributed by atoms with Gasteiger partial charge in [0.15, 0.2) is 0 Å². The van der Waals surface area contributed by atoms with Crippen molar-refractivity contribution in [1.82, 2.24) is 9.80 Å².